The quantitative estimate of drug-likeness (QED) is 0.892. The molecule has 1 aromatic rings. The van der Waals surface area contributed by atoms with Gasteiger partial charge in [-0.15, -0.1) is 0 Å². The second-order valence-corrected chi connectivity index (χ2v) is 7.55. The van der Waals surface area contributed by atoms with Gasteiger partial charge in [0, 0.05) is 19.6 Å². The third-order valence-corrected chi connectivity index (χ3v) is 5.92. The monoisotopic (exact) mass is 344 g/mol. The van der Waals surface area contributed by atoms with Crippen LogP contribution in [0.15, 0.2) is 24.3 Å². The van der Waals surface area contributed by atoms with E-state index in [4.69, 9.17) is 0 Å². The Balaban J connectivity index is 1.67. The lowest BCUT2D eigenvalue weighted by Crippen LogP contribution is -2.47. The highest BCUT2D eigenvalue weighted by molar-refractivity contribution is 5.80. The molecular weight excluding hydrogens is 316 g/mol. The lowest BCUT2D eigenvalue weighted by Gasteiger charge is -2.33. The molecule has 1 saturated carbocycles. The number of hydrogen-bond acceptors (Lipinski definition) is 3. The third-order valence-electron chi connectivity index (χ3n) is 5.92. The summed E-state index contributed by atoms with van der Waals surface area (Å²) in [6.07, 6.45) is 5.12. The minimum Gasteiger partial charge on any atom is -0.480 e. The van der Waals surface area contributed by atoms with Crippen LogP contribution in [0.25, 0.3) is 0 Å². The van der Waals surface area contributed by atoms with E-state index >= 15 is 0 Å². The topological polar surface area (TPSA) is 60.9 Å². The summed E-state index contributed by atoms with van der Waals surface area (Å²) in [4.78, 5) is 28.1. The van der Waals surface area contributed by atoms with Gasteiger partial charge >= 0.3 is 5.97 Å². The maximum atomic E-state index is 12.7. The number of carbonyl (C=O) groups is 2. The Morgan fingerprint density at radius 3 is 2.68 bits per heavy atom. The molecular formula is C20H28N2O3. The van der Waals surface area contributed by atoms with Gasteiger partial charge < -0.3 is 10.0 Å². The van der Waals surface area contributed by atoms with Crippen LogP contribution in [0.2, 0.25) is 0 Å². The summed E-state index contributed by atoms with van der Waals surface area (Å²) in [6.45, 7) is 2.81. The molecule has 1 aliphatic heterocycles. The molecule has 1 amide bonds. The predicted octanol–water partition coefficient (Wildman–Crippen LogP) is 2.67. The highest BCUT2D eigenvalue weighted by atomic mass is 16.4. The number of benzene rings is 1. The van der Waals surface area contributed by atoms with Crippen LogP contribution in [0.4, 0.5) is 0 Å². The maximum absolute atomic E-state index is 12.7. The fraction of sp³-hybridized carbons (Fsp3) is 0.600. The molecule has 1 aromatic carbocycles. The van der Waals surface area contributed by atoms with Crippen LogP contribution >= 0.6 is 0 Å². The van der Waals surface area contributed by atoms with Crippen LogP contribution in [-0.2, 0) is 16.1 Å². The number of aliphatic carboxylic acids is 1. The molecule has 25 heavy (non-hydrogen) atoms. The fourth-order valence-electron chi connectivity index (χ4n) is 4.43. The molecule has 0 spiro atoms. The molecule has 2 aliphatic rings. The first-order valence-electron chi connectivity index (χ1n) is 9.24. The number of amides is 1. The van der Waals surface area contributed by atoms with E-state index in [2.05, 4.69) is 0 Å². The molecule has 3 rings (SSSR count). The average molecular weight is 344 g/mol. The Kier molecular flexibility index (Phi) is 5.42. The van der Waals surface area contributed by atoms with Gasteiger partial charge in [-0.05, 0) is 43.2 Å². The molecule has 1 N–H and O–H groups in total. The van der Waals surface area contributed by atoms with E-state index in [1.54, 1.807) is 11.9 Å². The molecule has 5 heteroatoms. The van der Waals surface area contributed by atoms with Gasteiger partial charge in [0.15, 0.2) is 0 Å². The van der Waals surface area contributed by atoms with E-state index in [1.165, 1.54) is 12.0 Å². The molecule has 1 saturated heterocycles. The summed E-state index contributed by atoms with van der Waals surface area (Å²) < 4.78 is 0. The number of aryl methyl sites for hydroxylation is 1. The Bertz CT molecular complexity index is 646. The van der Waals surface area contributed by atoms with Gasteiger partial charge in [-0.1, -0.05) is 37.1 Å². The SMILES string of the molecule is Cc1ccccc1CN(C)C(=O)CN1[C@@H]2CCCC[C@H]2C[C@H]1C(=O)O. The smallest absolute Gasteiger partial charge is 0.320 e. The number of nitrogens with zero attached hydrogens (tertiary/aromatic N) is 2. The van der Waals surface area contributed by atoms with Gasteiger partial charge in [-0.2, -0.15) is 0 Å². The van der Waals surface area contributed by atoms with Crippen LogP contribution in [-0.4, -0.2) is 52.5 Å². The summed E-state index contributed by atoms with van der Waals surface area (Å²) in [5, 5.41) is 9.59. The number of likely N-dealkylation sites (N-methyl/N-ethyl adjacent to an activating group) is 1. The van der Waals surface area contributed by atoms with E-state index < -0.39 is 12.0 Å². The van der Waals surface area contributed by atoms with E-state index in [0.29, 0.717) is 18.9 Å². The van der Waals surface area contributed by atoms with Crippen molar-refractivity contribution in [2.24, 2.45) is 5.92 Å². The van der Waals surface area contributed by atoms with Crippen molar-refractivity contribution in [1.29, 1.82) is 0 Å². The largest absolute Gasteiger partial charge is 0.480 e. The van der Waals surface area contributed by atoms with Crippen LogP contribution in [0.3, 0.4) is 0 Å². The Morgan fingerprint density at radius 1 is 1.24 bits per heavy atom. The minimum atomic E-state index is -0.788. The Morgan fingerprint density at radius 2 is 1.96 bits per heavy atom. The molecule has 0 aromatic heterocycles. The first-order valence-corrected chi connectivity index (χ1v) is 9.24. The molecule has 0 bridgehead atoms. The first kappa shape index (κ1) is 17.9. The zero-order valence-corrected chi connectivity index (χ0v) is 15.1. The lowest BCUT2D eigenvalue weighted by atomic mass is 9.85. The van der Waals surface area contributed by atoms with Crippen molar-refractivity contribution >= 4 is 11.9 Å². The van der Waals surface area contributed by atoms with Crippen molar-refractivity contribution in [3.8, 4) is 0 Å². The number of hydrogen-bond donors (Lipinski definition) is 1. The number of carbonyl (C=O) groups excluding carboxylic acids is 1. The summed E-state index contributed by atoms with van der Waals surface area (Å²) in [6, 6.07) is 7.79. The normalized spacial score (nSPS) is 26.2. The van der Waals surface area contributed by atoms with E-state index in [9.17, 15) is 14.7 Å². The van der Waals surface area contributed by atoms with E-state index in [1.807, 2.05) is 36.1 Å². The zero-order chi connectivity index (χ0) is 18.0. The highest BCUT2D eigenvalue weighted by Crippen LogP contribution is 2.39. The first-order chi connectivity index (χ1) is 12.0. The van der Waals surface area contributed by atoms with Crippen molar-refractivity contribution in [3.05, 3.63) is 35.4 Å². The molecule has 1 heterocycles. The van der Waals surface area contributed by atoms with Crippen molar-refractivity contribution in [1.82, 2.24) is 9.80 Å². The lowest BCUT2D eigenvalue weighted by molar-refractivity contribution is -0.144. The predicted molar refractivity (Wildman–Crippen MR) is 96.1 cm³/mol. The Hall–Kier alpha value is -1.88. The maximum Gasteiger partial charge on any atom is 0.320 e. The van der Waals surface area contributed by atoms with Gasteiger partial charge in [-0.25, -0.2) is 0 Å². The second-order valence-electron chi connectivity index (χ2n) is 7.55. The third kappa shape index (κ3) is 3.87. The minimum absolute atomic E-state index is 0.000673. The molecule has 5 nitrogen and oxygen atoms in total. The zero-order valence-electron chi connectivity index (χ0n) is 15.1. The molecule has 0 radical (unpaired) electrons. The van der Waals surface area contributed by atoms with Gasteiger partial charge in [0.2, 0.25) is 5.91 Å². The number of fused-ring (bicyclic) bond motifs is 1. The number of rotatable bonds is 5. The summed E-state index contributed by atoms with van der Waals surface area (Å²) in [7, 11) is 1.80. The molecule has 1 aliphatic carbocycles. The Labute approximate surface area is 149 Å². The van der Waals surface area contributed by atoms with Gasteiger partial charge in [0.1, 0.15) is 6.04 Å². The van der Waals surface area contributed by atoms with Crippen LogP contribution in [0.5, 0.6) is 0 Å². The fourth-order valence-corrected chi connectivity index (χ4v) is 4.43. The summed E-state index contributed by atoms with van der Waals surface area (Å²) >= 11 is 0. The number of carboxylic acids is 1. The molecule has 0 unspecified atom stereocenters. The highest BCUT2D eigenvalue weighted by Gasteiger charge is 2.45. The summed E-state index contributed by atoms with van der Waals surface area (Å²) in [5.41, 5.74) is 2.30. The number of carboxylic acid groups (broad SMARTS) is 1. The average Bonchev–Trinajstić information content (AvgIpc) is 2.96. The van der Waals surface area contributed by atoms with Gasteiger partial charge in [0.05, 0.1) is 6.54 Å². The van der Waals surface area contributed by atoms with Crippen molar-refractivity contribution in [2.75, 3.05) is 13.6 Å². The van der Waals surface area contributed by atoms with Gasteiger partial charge in [-0.3, -0.25) is 14.5 Å². The van der Waals surface area contributed by atoms with Crippen molar-refractivity contribution in [3.63, 3.8) is 0 Å². The molecule has 136 valence electrons. The number of likely N-dealkylation sites (tertiary alicyclic amines) is 1. The second kappa shape index (κ2) is 7.56. The van der Waals surface area contributed by atoms with Gasteiger partial charge in [0.25, 0.3) is 0 Å². The van der Waals surface area contributed by atoms with Crippen LogP contribution in [0.1, 0.15) is 43.2 Å². The van der Waals surface area contributed by atoms with Crippen LogP contribution < -0.4 is 0 Å². The van der Waals surface area contributed by atoms with E-state index in [-0.39, 0.29) is 18.5 Å². The molecule has 3 atom stereocenters. The van der Waals surface area contributed by atoms with Crippen LogP contribution in [0, 0.1) is 12.8 Å². The van der Waals surface area contributed by atoms with Crippen molar-refractivity contribution in [2.45, 2.75) is 57.7 Å². The standard InChI is InChI=1S/C20H28N2O3/c1-14-7-3-4-9-16(14)12-21(2)19(23)13-22-17-10-6-5-8-15(17)11-18(22)20(24)25/h3-4,7,9,15,17-18H,5-6,8,10-13H2,1-2H3,(H,24,25)/t15-,17+,18-/m0/s1. The summed E-state index contributed by atoms with van der Waals surface area (Å²) in [5.74, 6) is -0.353. The van der Waals surface area contributed by atoms with E-state index in [0.717, 1.165) is 24.8 Å². The van der Waals surface area contributed by atoms with Crippen molar-refractivity contribution < 1.29 is 14.7 Å². The molecule has 2 fully saturated rings.